The first-order valence-electron chi connectivity index (χ1n) is 9.88. The molecule has 0 spiro atoms. The van der Waals surface area contributed by atoms with Crippen molar-refractivity contribution >= 4 is 39.4 Å². The van der Waals surface area contributed by atoms with E-state index in [2.05, 4.69) is 44.1 Å². The Morgan fingerprint density at radius 2 is 1.97 bits per heavy atom. The van der Waals surface area contributed by atoms with Gasteiger partial charge < -0.3 is 0 Å². The van der Waals surface area contributed by atoms with Gasteiger partial charge in [-0.05, 0) is 47.0 Å². The Bertz CT molecular complexity index is 1430. The number of rotatable bonds is 3. The Balaban J connectivity index is 1.50. The highest BCUT2D eigenvalue weighted by atomic mass is 32.1. The predicted octanol–water partition coefficient (Wildman–Crippen LogP) is 3.85. The molecule has 0 saturated carbocycles. The van der Waals surface area contributed by atoms with Crippen LogP contribution in [0.2, 0.25) is 0 Å². The van der Waals surface area contributed by atoms with Crippen LogP contribution in [0.25, 0.3) is 16.7 Å². The maximum Gasteiger partial charge on any atom is 0.262 e. The van der Waals surface area contributed by atoms with Gasteiger partial charge in [0.05, 0.1) is 23.5 Å². The largest absolute Gasteiger partial charge is 0.284 e. The first-order chi connectivity index (χ1) is 14.7. The second-order valence-electron chi connectivity index (χ2n) is 7.57. The van der Waals surface area contributed by atoms with Crippen molar-refractivity contribution < 1.29 is 0 Å². The molecule has 0 bridgehead atoms. The molecule has 1 atom stereocenters. The fourth-order valence-electron chi connectivity index (χ4n) is 4.49. The quantitative estimate of drug-likeness (QED) is 0.434. The number of hydrogen-bond donors (Lipinski definition) is 0. The molecule has 0 saturated heterocycles. The predicted molar refractivity (Wildman–Crippen MR) is 120 cm³/mol. The summed E-state index contributed by atoms with van der Waals surface area (Å²) < 4.78 is 3.62. The molecule has 1 aliphatic heterocycles. The number of nitrogens with zero attached hydrogens (tertiary/aromatic N) is 5. The summed E-state index contributed by atoms with van der Waals surface area (Å²) in [6, 6.07) is 14.5. The average Bonchev–Trinajstić information content (AvgIpc) is 3.52. The lowest BCUT2D eigenvalue weighted by atomic mass is 9.98. The Morgan fingerprint density at radius 1 is 1.07 bits per heavy atom. The molecule has 0 aliphatic carbocycles. The molecule has 0 fully saturated rings. The lowest BCUT2D eigenvalue weighted by Crippen LogP contribution is -2.35. The third-order valence-electron chi connectivity index (χ3n) is 5.92. The maximum absolute atomic E-state index is 12.7. The summed E-state index contributed by atoms with van der Waals surface area (Å²) in [5.74, 6) is 1.44. The van der Waals surface area contributed by atoms with E-state index >= 15 is 0 Å². The molecule has 6 nitrogen and oxygen atoms in total. The van der Waals surface area contributed by atoms with Gasteiger partial charge in [0.1, 0.15) is 0 Å². The molecule has 0 N–H and O–H groups in total. The van der Waals surface area contributed by atoms with E-state index in [4.69, 9.17) is 0 Å². The first-order valence-corrected chi connectivity index (χ1v) is 11.6. The minimum Gasteiger partial charge on any atom is -0.284 e. The van der Waals surface area contributed by atoms with Crippen LogP contribution in [0.1, 0.15) is 27.2 Å². The summed E-state index contributed by atoms with van der Waals surface area (Å²) in [4.78, 5) is 18.0. The number of fused-ring (bicyclic) bond motifs is 4. The van der Waals surface area contributed by atoms with Gasteiger partial charge in [-0.25, -0.2) is 0 Å². The summed E-state index contributed by atoms with van der Waals surface area (Å²) in [7, 11) is 1.76. The molecule has 150 valence electrons. The lowest BCUT2D eigenvalue weighted by molar-refractivity contribution is 0.203. The zero-order valence-electron chi connectivity index (χ0n) is 16.4. The third kappa shape index (κ3) is 2.61. The molecule has 6 rings (SSSR count). The van der Waals surface area contributed by atoms with Crippen molar-refractivity contribution in [2.75, 3.05) is 6.54 Å². The lowest BCUT2D eigenvalue weighted by Gasteiger charge is -2.34. The standard InChI is InChI=1S/C22H19N5OS2/c1-25-21(28)14-5-2-3-6-16(14)27-19(23-24-22(25)27)13-26-10-8-17-15(9-12-30-17)20(26)18-7-4-11-29-18/h2-7,9,11-12,20H,8,10,13H2,1H3/t20-/m0/s1. The fourth-order valence-corrected chi connectivity index (χ4v) is 6.27. The summed E-state index contributed by atoms with van der Waals surface area (Å²) >= 11 is 3.65. The van der Waals surface area contributed by atoms with E-state index in [1.807, 2.05) is 40.0 Å². The van der Waals surface area contributed by atoms with E-state index in [1.165, 1.54) is 15.3 Å². The van der Waals surface area contributed by atoms with Crippen molar-refractivity contribution in [3.8, 4) is 0 Å². The van der Waals surface area contributed by atoms with Crippen LogP contribution in [0.15, 0.2) is 58.0 Å². The molecule has 0 unspecified atom stereocenters. The molecular weight excluding hydrogens is 414 g/mol. The Hall–Kier alpha value is -2.81. The van der Waals surface area contributed by atoms with Crippen LogP contribution in [-0.4, -0.2) is 30.6 Å². The zero-order valence-corrected chi connectivity index (χ0v) is 18.0. The van der Waals surface area contributed by atoms with Crippen molar-refractivity contribution in [3.63, 3.8) is 0 Å². The van der Waals surface area contributed by atoms with E-state index in [9.17, 15) is 4.79 Å². The van der Waals surface area contributed by atoms with Crippen LogP contribution < -0.4 is 5.56 Å². The normalized spacial score (nSPS) is 17.0. The van der Waals surface area contributed by atoms with Gasteiger partial charge in [0.25, 0.3) is 5.56 Å². The SMILES string of the molecule is Cn1c(=O)c2ccccc2n2c(CN3CCc4sccc4[C@H]3c3cccs3)nnc12. The van der Waals surface area contributed by atoms with E-state index in [-0.39, 0.29) is 11.6 Å². The van der Waals surface area contributed by atoms with E-state index in [0.717, 1.165) is 24.3 Å². The Kier molecular flexibility index (Phi) is 4.12. The monoisotopic (exact) mass is 433 g/mol. The summed E-state index contributed by atoms with van der Waals surface area (Å²) in [5.41, 5.74) is 2.21. The summed E-state index contributed by atoms with van der Waals surface area (Å²) in [6.45, 7) is 1.63. The van der Waals surface area contributed by atoms with E-state index < -0.39 is 0 Å². The zero-order chi connectivity index (χ0) is 20.2. The van der Waals surface area contributed by atoms with Gasteiger partial charge in [-0.15, -0.1) is 32.9 Å². The van der Waals surface area contributed by atoms with Crippen LogP contribution >= 0.6 is 22.7 Å². The number of aromatic nitrogens is 4. The van der Waals surface area contributed by atoms with Crippen LogP contribution in [0.4, 0.5) is 0 Å². The van der Waals surface area contributed by atoms with Crippen LogP contribution in [0, 0.1) is 0 Å². The molecule has 1 aliphatic rings. The Morgan fingerprint density at radius 3 is 2.83 bits per heavy atom. The topological polar surface area (TPSA) is 55.4 Å². The number of thiophene rings is 2. The molecule has 5 heterocycles. The van der Waals surface area contributed by atoms with E-state index in [0.29, 0.717) is 17.7 Å². The van der Waals surface area contributed by atoms with Crippen LogP contribution in [0.5, 0.6) is 0 Å². The summed E-state index contributed by atoms with van der Waals surface area (Å²) in [5, 5.41) is 13.9. The van der Waals surface area contributed by atoms with Crippen molar-refractivity contribution in [3.05, 3.63) is 84.7 Å². The van der Waals surface area contributed by atoms with E-state index in [1.54, 1.807) is 23.0 Å². The van der Waals surface area contributed by atoms with Crippen LogP contribution in [-0.2, 0) is 20.0 Å². The molecule has 30 heavy (non-hydrogen) atoms. The minimum absolute atomic E-state index is 0.0469. The molecule has 4 aromatic heterocycles. The van der Waals surface area contributed by atoms with Gasteiger partial charge in [0.15, 0.2) is 5.82 Å². The van der Waals surface area contributed by atoms with Crippen molar-refractivity contribution in [1.82, 2.24) is 24.1 Å². The van der Waals surface area contributed by atoms with Gasteiger partial charge >= 0.3 is 0 Å². The first kappa shape index (κ1) is 18.0. The molecule has 8 heteroatoms. The van der Waals surface area contributed by atoms with Gasteiger partial charge in [0.2, 0.25) is 5.78 Å². The second kappa shape index (κ2) is 6.87. The maximum atomic E-state index is 12.7. The number of hydrogen-bond acceptors (Lipinski definition) is 6. The van der Waals surface area contributed by atoms with Gasteiger partial charge in [-0.2, -0.15) is 0 Å². The fraction of sp³-hybridized carbons (Fsp3) is 0.227. The molecular formula is C22H19N5OS2. The second-order valence-corrected chi connectivity index (χ2v) is 9.55. The minimum atomic E-state index is -0.0469. The number of aryl methyl sites for hydroxylation is 1. The number of para-hydroxylation sites is 1. The highest BCUT2D eigenvalue weighted by molar-refractivity contribution is 7.10. The molecule has 1 aromatic carbocycles. The highest BCUT2D eigenvalue weighted by Gasteiger charge is 2.31. The van der Waals surface area contributed by atoms with Crippen LogP contribution in [0.3, 0.4) is 0 Å². The average molecular weight is 434 g/mol. The smallest absolute Gasteiger partial charge is 0.262 e. The van der Waals surface area contributed by atoms with Crippen molar-refractivity contribution in [2.45, 2.75) is 19.0 Å². The van der Waals surface area contributed by atoms with Gasteiger partial charge in [-0.1, -0.05) is 18.2 Å². The highest BCUT2D eigenvalue weighted by Crippen LogP contribution is 2.40. The molecule has 0 amide bonds. The third-order valence-corrected chi connectivity index (χ3v) is 7.84. The summed E-state index contributed by atoms with van der Waals surface area (Å²) in [6.07, 6.45) is 1.05. The Labute approximate surface area is 180 Å². The van der Waals surface area contributed by atoms with Gasteiger partial charge in [0, 0.05) is 23.3 Å². The van der Waals surface area contributed by atoms with Crippen molar-refractivity contribution in [1.29, 1.82) is 0 Å². The van der Waals surface area contributed by atoms with Gasteiger partial charge in [-0.3, -0.25) is 18.7 Å². The number of benzene rings is 1. The molecule has 0 radical (unpaired) electrons. The van der Waals surface area contributed by atoms with Crippen molar-refractivity contribution in [2.24, 2.45) is 7.05 Å². The molecule has 5 aromatic rings.